The fraction of sp³-hybridized carbons (Fsp3) is 0.571. The van der Waals surface area contributed by atoms with Crippen LogP contribution in [-0.2, 0) is 6.42 Å². The summed E-state index contributed by atoms with van der Waals surface area (Å²) >= 11 is 0. The monoisotopic (exact) mass is 236 g/mol. The Morgan fingerprint density at radius 2 is 2.18 bits per heavy atom. The fourth-order valence-electron chi connectivity index (χ4n) is 2.14. The Morgan fingerprint density at radius 3 is 2.71 bits per heavy atom. The summed E-state index contributed by atoms with van der Waals surface area (Å²) in [7, 11) is 1.96. The second-order valence-corrected chi connectivity index (χ2v) is 5.29. The van der Waals surface area contributed by atoms with E-state index < -0.39 is 0 Å². The Balaban J connectivity index is 2.06. The first kappa shape index (κ1) is 12.4. The van der Waals surface area contributed by atoms with Crippen molar-refractivity contribution in [2.45, 2.75) is 32.2 Å². The number of nitrogens with two attached hydrogens (primary N) is 1. The minimum absolute atomic E-state index is 0.0736. The smallest absolute Gasteiger partial charge is 0.146 e. The van der Waals surface area contributed by atoms with E-state index in [1.54, 1.807) is 6.07 Å². The molecular weight excluding hydrogens is 215 g/mol. The van der Waals surface area contributed by atoms with Gasteiger partial charge in [-0.15, -0.1) is 0 Å². The van der Waals surface area contributed by atoms with Crippen LogP contribution in [0.25, 0.3) is 0 Å². The molecule has 1 aliphatic carbocycles. The minimum Gasteiger partial charge on any atom is -0.372 e. The first-order valence-electron chi connectivity index (χ1n) is 6.31. The molecule has 2 rings (SSSR count). The van der Waals surface area contributed by atoms with Crippen LogP contribution in [0.2, 0.25) is 0 Å². The average molecular weight is 236 g/mol. The van der Waals surface area contributed by atoms with E-state index in [2.05, 4.69) is 0 Å². The third kappa shape index (κ3) is 3.43. The molecule has 0 heterocycles. The molecule has 1 saturated carbocycles. The number of hydrogen-bond donors (Lipinski definition) is 1. The predicted octanol–water partition coefficient (Wildman–Crippen LogP) is 2.56. The van der Waals surface area contributed by atoms with Crippen LogP contribution in [0.4, 0.5) is 10.1 Å². The van der Waals surface area contributed by atoms with E-state index in [1.165, 1.54) is 12.8 Å². The van der Waals surface area contributed by atoms with Gasteiger partial charge in [0.05, 0.1) is 5.69 Å². The Hall–Kier alpha value is -1.09. The summed E-state index contributed by atoms with van der Waals surface area (Å²) < 4.78 is 13.9. The van der Waals surface area contributed by atoms with Crippen molar-refractivity contribution in [3.8, 4) is 0 Å². The van der Waals surface area contributed by atoms with E-state index in [0.29, 0.717) is 5.69 Å². The highest BCUT2D eigenvalue weighted by Gasteiger charge is 2.23. The predicted molar refractivity (Wildman–Crippen MR) is 69.7 cm³/mol. The van der Waals surface area contributed by atoms with Gasteiger partial charge in [-0.1, -0.05) is 6.07 Å². The molecule has 0 radical (unpaired) electrons. The number of nitrogens with zero attached hydrogens (tertiary/aromatic N) is 1. The molecule has 17 heavy (non-hydrogen) atoms. The first-order valence-corrected chi connectivity index (χ1v) is 6.31. The molecule has 0 bridgehead atoms. The molecule has 94 valence electrons. The van der Waals surface area contributed by atoms with Gasteiger partial charge in [-0.05, 0) is 49.8 Å². The van der Waals surface area contributed by atoms with Crippen molar-refractivity contribution in [1.29, 1.82) is 0 Å². The third-order valence-electron chi connectivity index (χ3n) is 3.21. The maximum atomic E-state index is 13.9. The topological polar surface area (TPSA) is 29.3 Å². The molecule has 2 N–H and O–H groups in total. The number of rotatable bonds is 5. The van der Waals surface area contributed by atoms with Gasteiger partial charge >= 0.3 is 0 Å². The lowest BCUT2D eigenvalue weighted by Crippen LogP contribution is -2.21. The van der Waals surface area contributed by atoms with Crippen molar-refractivity contribution in [2.75, 3.05) is 18.5 Å². The van der Waals surface area contributed by atoms with Gasteiger partial charge in [-0.2, -0.15) is 0 Å². The minimum atomic E-state index is -0.133. The van der Waals surface area contributed by atoms with Crippen LogP contribution in [0.1, 0.15) is 25.3 Å². The van der Waals surface area contributed by atoms with Crippen LogP contribution in [0.3, 0.4) is 0 Å². The standard InChI is InChI=1S/C14H21FN2/c1-10(16)7-12-5-6-14(13(15)8-12)17(2)9-11-3-4-11/h5-6,8,10-11H,3-4,7,9,16H2,1-2H3. The molecule has 0 spiro atoms. The second-order valence-electron chi connectivity index (χ2n) is 5.29. The van der Waals surface area contributed by atoms with E-state index in [9.17, 15) is 4.39 Å². The Morgan fingerprint density at radius 1 is 1.47 bits per heavy atom. The maximum Gasteiger partial charge on any atom is 0.146 e. The van der Waals surface area contributed by atoms with E-state index in [4.69, 9.17) is 5.73 Å². The normalized spacial score (nSPS) is 16.9. The van der Waals surface area contributed by atoms with Crippen molar-refractivity contribution >= 4 is 5.69 Å². The fourth-order valence-corrected chi connectivity index (χ4v) is 2.14. The van der Waals surface area contributed by atoms with Gasteiger partial charge in [-0.3, -0.25) is 0 Å². The van der Waals surface area contributed by atoms with Crippen LogP contribution in [0, 0.1) is 11.7 Å². The van der Waals surface area contributed by atoms with Crippen molar-refractivity contribution < 1.29 is 4.39 Å². The van der Waals surface area contributed by atoms with E-state index in [1.807, 2.05) is 31.0 Å². The molecule has 0 amide bonds. The van der Waals surface area contributed by atoms with Crippen molar-refractivity contribution in [1.82, 2.24) is 0 Å². The zero-order valence-corrected chi connectivity index (χ0v) is 10.6. The molecule has 0 aliphatic heterocycles. The van der Waals surface area contributed by atoms with E-state index in [-0.39, 0.29) is 11.9 Å². The zero-order valence-electron chi connectivity index (χ0n) is 10.6. The summed E-state index contributed by atoms with van der Waals surface area (Å²) in [6.07, 6.45) is 3.30. The van der Waals surface area contributed by atoms with Gasteiger partial charge in [0.25, 0.3) is 0 Å². The third-order valence-corrected chi connectivity index (χ3v) is 3.21. The molecule has 1 aliphatic rings. The molecule has 1 atom stereocenters. The van der Waals surface area contributed by atoms with Gasteiger partial charge in [0, 0.05) is 19.6 Å². The molecule has 3 heteroatoms. The molecule has 1 fully saturated rings. The van der Waals surface area contributed by atoms with Crippen LogP contribution >= 0.6 is 0 Å². The summed E-state index contributed by atoms with van der Waals surface area (Å²) in [4.78, 5) is 2.02. The largest absolute Gasteiger partial charge is 0.372 e. The summed E-state index contributed by atoms with van der Waals surface area (Å²) in [5.41, 5.74) is 7.39. The average Bonchev–Trinajstić information content (AvgIpc) is 3.00. The molecule has 0 aromatic heterocycles. The number of anilines is 1. The molecule has 0 saturated heterocycles. The lowest BCUT2D eigenvalue weighted by atomic mass is 10.1. The second kappa shape index (κ2) is 5.05. The van der Waals surface area contributed by atoms with Crippen LogP contribution in [-0.4, -0.2) is 19.6 Å². The summed E-state index contributed by atoms with van der Waals surface area (Å²) in [6.45, 7) is 2.90. The quantitative estimate of drug-likeness (QED) is 0.851. The van der Waals surface area contributed by atoms with Crippen LogP contribution in [0.15, 0.2) is 18.2 Å². The van der Waals surface area contributed by atoms with Crippen molar-refractivity contribution in [2.24, 2.45) is 11.7 Å². The van der Waals surface area contributed by atoms with Crippen LogP contribution < -0.4 is 10.6 Å². The SMILES string of the molecule is CC(N)Cc1ccc(N(C)CC2CC2)c(F)c1. The number of halogens is 1. The van der Waals surface area contributed by atoms with Crippen molar-refractivity contribution in [3.63, 3.8) is 0 Å². The number of benzene rings is 1. The lowest BCUT2D eigenvalue weighted by Gasteiger charge is -2.20. The maximum absolute atomic E-state index is 13.9. The summed E-state index contributed by atoms with van der Waals surface area (Å²) in [5, 5.41) is 0. The molecule has 2 nitrogen and oxygen atoms in total. The van der Waals surface area contributed by atoms with Gasteiger partial charge in [0.1, 0.15) is 5.82 Å². The van der Waals surface area contributed by atoms with E-state index >= 15 is 0 Å². The highest BCUT2D eigenvalue weighted by atomic mass is 19.1. The Kier molecular flexibility index (Phi) is 3.67. The number of hydrogen-bond acceptors (Lipinski definition) is 2. The molecule has 1 aromatic rings. The van der Waals surface area contributed by atoms with Gasteiger partial charge < -0.3 is 10.6 Å². The Bertz CT molecular complexity index is 386. The van der Waals surface area contributed by atoms with Crippen LogP contribution in [0.5, 0.6) is 0 Å². The summed E-state index contributed by atoms with van der Waals surface area (Å²) in [5.74, 6) is 0.634. The van der Waals surface area contributed by atoms with Crippen molar-refractivity contribution in [3.05, 3.63) is 29.6 Å². The zero-order chi connectivity index (χ0) is 12.4. The molecule has 1 unspecified atom stereocenters. The first-order chi connectivity index (χ1) is 8.06. The Labute approximate surface area is 103 Å². The van der Waals surface area contributed by atoms with Gasteiger partial charge in [0.2, 0.25) is 0 Å². The van der Waals surface area contributed by atoms with Gasteiger partial charge in [0.15, 0.2) is 0 Å². The highest BCUT2D eigenvalue weighted by Crippen LogP contribution is 2.31. The lowest BCUT2D eigenvalue weighted by molar-refractivity contribution is 0.615. The highest BCUT2D eigenvalue weighted by molar-refractivity contribution is 5.48. The molecule has 1 aromatic carbocycles. The van der Waals surface area contributed by atoms with Gasteiger partial charge in [-0.25, -0.2) is 4.39 Å². The summed E-state index contributed by atoms with van der Waals surface area (Å²) in [6, 6.07) is 5.53. The van der Waals surface area contributed by atoms with E-state index in [0.717, 1.165) is 24.4 Å². The molecular formula is C14H21FN2.